The van der Waals surface area contributed by atoms with Gasteiger partial charge in [0.25, 0.3) is 0 Å². The summed E-state index contributed by atoms with van der Waals surface area (Å²) in [5, 5.41) is 0. The van der Waals surface area contributed by atoms with Crippen LogP contribution in [0, 0.1) is 0 Å². The van der Waals surface area contributed by atoms with E-state index in [1.165, 1.54) is 18.4 Å². The predicted octanol–water partition coefficient (Wildman–Crippen LogP) is 4.05. The van der Waals surface area contributed by atoms with Crippen molar-refractivity contribution < 1.29 is 23.7 Å². The lowest BCUT2D eigenvalue weighted by molar-refractivity contribution is -0.458. The Labute approximate surface area is 156 Å². The second-order valence-electron chi connectivity index (χ2n) is 7.35. The summed E-state index contributed by atoms with van der Waals surface area (Å²) in [4.78, 5) is 0. The molecular formula is C21H32O5. The maximum Gasteiger partial charge on any atom is 0.223 e. The summed E-state index contributed by atoms with van der Waals surface area (Å²) in [6.07, 6.45) is 6.02. The molecule has 1 aliphatic carbocycles. The SMILES string of the molecule is CO[C@]1(C)O[C@H]2CCCC[C@@H]2O[C@@]1(CCCOCc1ccccc1)OC. The van der Waals surface area contributed by atoms with Gasteiger partial charge < -0.3 is 23.7 Å². The van der Waals surface area contributed by atoms with Gasteiger partial charge in [0.05, 0.1) is 18.8 Å². The van der Waals surface area contributed by atoms with E-state index in [1.807, 2.05) is 25.1 Å². The second-order valence-corrected chi connectivity index (χ2v) is 7.35. The van der Waals surface area contributed by atoms with Gasteiger partial charge in [0, 0.05) is 27.2 Å². The predicted molar refractivity (Wildman–Crippen MR) is 98.7 cm³/mol. The first-order chi connectivity index (χ1) is 12.6. The van der Waals surface area contributed by atoms with Crippen molar-refractivity contribution in [3.8, 4) is 0 Å². The first-order valence-corrected chi connectivity index (χ1v) is 9.70. The van der Waals surface area contributed by atoms with E-state index in [4.69, 9.17) is 23.7 Å². The number of fused-ring (bicyclic) bond motifs is 1. The molecule has 0 radical (unpaired) electrons. The van der Waals surface area contributed by atoms with Gasteiger partial charge >= 0.3 is 0 Å². The Bertz CT molecular complexity index is 551. The molecule has 5 nitrogen and oxygen atoms in total. The lowest BCUT2D eigenvalue weighted by Gasteiger charge is -2.54. The smallest absolute Gasteiger partial charge is 0.223 e. The molecule has 1 aromatic carbocycles. The first-order valence-electron chi connectivity index (χ1n) is 9.70. The van der Waals surface area contributed by atoms with Gasteiger partial charge in [-0.25, -0.2) is 0 Å². The van der Waals surface area contributed by atoms with Crippen molar-refractivity contribution in [1.29, 1.82) is 0 Å². The highest BCUT2D eigenvalue weighted by Crippen LogP contribution is 2.45. The van der Waals surface area contributed by atoms with Gasteiger partial charge in [0.15, 0.2) is 0 Å². The Hall–Kier alpha value is -0.980. The molecule has 1 saturated heterocycles. The molecule has 0 amide bonds. The molecule has 146 valence electrons. The van der Waals surface area contributed by atoms with Crippen molar-refractivity contribution in [1.82, 2.24) is 0 Å². The summed E-state index contributed by atoms with van der Waals surface area (Å²) in [6.45, 7) is 3.17. The van der Waals surface area contributed by atoms with Crippen molar-refractivity contribution in [2.45, 2.75) is 75.8 Å². The van der Waals surface area contributed by atoms with Crippen LogP contribution in [-0.4, -0.2) is 44.6 Å². The normalized spacial score (nSPS) is 34.4. The molecule has 2 aliphatic rings. The van der Waals surface area contributed by atoms with E-state index < -0.39 is 11.6 Å². The van der Waals surface area contributed by atoms with E-state index in [-0.39, 0.29) is 12.2 Å². The van der Waals surface area contributed by atoms with Crippen LogP contribution in [0.25, 0.3) is 0 Å². The lowest BCUT2D eigenvalue weighted by Crippen LogP contribution is -2.67. The molecule has 0 spiro atoms. The van der Waals surface area contributed by atoms with Gasteiger partial charge in [-0.05, 0) is 31.7 Å². The quantitative estimate of drug-likeness (QED) is 0.651. The van der Waals surface area contributed by atoms with Crippen molar-refractivity contribution in [2.24, 2.45) is 0 Å². The van der Waals surface area contributed by atoms with Crippen LogP contribution in [-0.2, 0) is 30.3 Å². The Kier molecular flexibility index (Phi) is 6.70. The molecule has 1 aliphatic heterocycles. The van der Waals surface area contributed by atoms with Crippen LogP contribution in [0.5, 0.6) is 0 Å². The van der Waals surface area contributed by atoms with Gasteiger partial charge in [0.1, 0.15) is 0 Å². The first kappa shape index (κ1) is 19.8. The third kappa shape index (κ3) is 4.12. The largest absolute Gasteiger partial charge is 0.377 e. The standard InChI is InChI=1S/C21H32O5/c1-20(22-2)21(23-3,26-19-13-8-7-12-18(19)25-20)14-9-15-24-16-17-10-5-4-6-11-17/h4-6,10-11,18-19H,7-9,12-16H2,1-3H3/t18-,19-,20+,21+/m0/s1. The van der Waals surface area contributed by atoms with Crippen molar-refractivity contribution >= 4 is 0 Å². The Balaban J connectivity index is 1.57. The van der Waals surface area contributed by atoms with Crippen LogP contribution in [0.3, 0.4) is 0 Å². The van der Waals surface area contributed by atoms with E-state index >= 15 is 0 Å². The maximum absolute atomic E-state index is 6.47. The molecule has 2 fully saturated rings. The summed E-state index contributed by atoms with van der Waals surface area (Å²) >= 11 is 0. The van der Waals surface area contributed by atoms with Crippen molar-refractivity contribution in [3.63, 3.8) is 0 Å². The average Bonchev–Trinajstić information content (AvgIpc) is 2.68. The molecule has 3 rings (SSSR count). The van der Waals surface area contributed by atoms with Crippen LogP contribution in [0.2, 0.25) is 0 Å². The molecule has 1 aromatic rings. The fourth-order valence-corrected chi connectivity index (χ4v) is 4.06. The molecule has 0 bridgehead atoms. The molecule has 0 unspecified atom stereocenters. The zero-order valence-electron chi connectivity index (χ0n) is 16.2. The van der Waals surface area contributed by atoms with E-state index in [0.717, 1.165) is 19.3 Å². The number of hydrogen-bond acceptors (Lipinski definition) is 5. The molecular weight excluding hydrogens is 332 g/mol. The zero-order chi connectivity index (χ0) is 18.5. The van der Waals surface area contributed by atoms with E-state index in [1.54, 1.807) is 14.2 Å². The van der Waals surface area contributed by atoms with Crippen molar-refractivity contribution in [2.75, 3.05) is 20.8 Å². The van der Waals surface area contributed by atoms with Gasteiger partial charge in [-0.15, -0.1) is 0 Å². The molecule has 1 saturated carbocycles. The number of hydrogen-bond donors (Lipinski definition) is 0. The molecule has 26 heavy (non-hydrogen) atoms. The minimum absolute atomic E-state index is 0.0807. The number of rotatable bonds is 8. The fraction of sp³-hybridized carbons (Fsp3) is 0.714. The number of methoxy groups -OCH3 is 2. The third-order valence-corrected chi connectivity index (χ3v) is 5.68. The fourth-order valence-electron chi connectivity index (χ4n) is 4.06. The Morgan fingerprint density at radius 1 is 1.00 bits per heavy atom. The number of benzene rings is 1. The van der Waals surface area contributed by atoms with Crippen LogP contribution in [0.1, 0.15) is 51.0 Å². The molecule has 5 heteroatoms. The topological polar surface area (TPSA) is 46.2 Å². The molecule has 4 atom stereocenters. The Morgan fingerprint density at radius 2 is 1.69 bits per heavy atom. The van der Waals surface area contributed by atoms with Gasteiger partial charge in [-0.2, -0.15) is 0 Å². The maximum atomic E-state index is 6.47. The summed E-state index contributed by atoms with van der Waals surface area (Å²) < 4.78 is 30.3. The Morgan fingerprint density at radius 3 is 2.35 bits per heavy atom. The highest BCUT2D eigenvalue weighted by molar-refractivity contribution is 5.13. The van der Waals surface area contributed by atoms with E-state index in [0.29, 0.717) is 19.6 Å². The monoisotopic (exact) mass is 364 g/mol. The second kappa shape index (κ2) is 8.81. The summed E-state index contributed by atoms with van der Waals surface area (Å²) in [5.41, 5.74) is 1.18. The lowest BCUT2D eigenvalue weighted by atomic mass is 9.90. The van der Waals surface area contributed by atoms with Crippen molar-refractivity contribution in [3.05, 3.63) is 35.9 Å². The minimum atomic E-state index is -0.917. The van der Waals surface area contributed by atoms with Crippen LogP contribution in [0.15, 0.2) is 30.3 Å². The van der Waals surface area contributed by atoms with E-state index in [2.05, 4.69) is 12.1 Å². The molecule has 1 heterocycles. The number of ether oxygens (including phenoxy) is 5. The van der Waals surface area contributed by atoms with Crippen LogP contribution >= 0.6 is 0 Å². The highest BCUT2D eigenvalue weighted by atomic mass is 16.8. The van der Waals surface area contributed by atoms with Crippen LogP contribution in [0.4, 0.5) is 0 Å². The summed E-state index contributed by atoms with van der Waals surface area (Å²) in [7, 11) is 3.33. The molecule has 0 N–H and O–H groups in total. The molecule has 0 aromatic heterocycles. The van der Waals surface area contributed by atoms with Crippen LogP contribution < -0.4 is 0 Å². The highest BCUT2D eigenvalue weighted by Gasteiger charge is 2.59. The van der Waals surface area contributed by atoms with E-state index in [9.17, 15) is 0 Å². The third-order valence-electron chi connectivity index (χ3n) is 5.68. The van der Waals surface area contributed by atoms with Gasteiger partial charge in [-0.3, -0.25) is 0 Å². The average molecular weight is 364 g/mol. The summed E-state index contributed by atoms with van der Waals surface area (Å²) in [5.74, 6) is -1.82. The summed E-state index contributed by atoms with van der Waals surface area (Å²) in [6, 6.07) is 10.2. The zero-order valence-corrected chi connectivity index (χ0v) is 16.2. The van der Waals surface area contributed by atoms with Gasteiger partial charge in [0.2, 0.25) is 11.6 Å². The minimum Gasteiger partial charge on any atom is -0.377 e. The van der Waals surface area contributed by atoms with Gasteiger partial charge in [-0.1, -0.05) is 43.2 Å².